The van der Waals surface area contributed by atoms with Crippen LogP contribution >= 0.6 is 11.3 Å². The van der Waals surface area contributed by atoms with E-state index >= 15 is 0 Å². The van der Waals surface area contributed by atoms with Gasteiger partial charge in [0.05, 0.1) is 23.4 Å². The molecule has 0 unspecified atom stereocenters. The number of aryl methyl sites for hydroxylation is 1. The van der Waals surface area contributed by atoms with E-state index < -0.39 is 9.84 Å². The third-order valence-electron chi connectivity index (χ3n) is 4.89. The van der Waals surface area contributed by atoms with Crippen LogP contribution in [0.3, 0.4) is 0 Å². The summed E-state index contributed by atoms with van der Waals surface area (Å²) in [6, 6.07) is 14.2. The Labute approximate surface area is 169 Å². The molecule has 2 heterocycles. The third kappa shape index (κ3) is 3.57. The van der Waals surface area contributed by atoms with Gasteiger partial charge in [-0.1, -0.05) is 12.1 Å². The predicted octanol–water partition coefficient (Wildman–Crippen LogP) is 4.88. The molecule has 0 saturated carbocycles. The minimum atomic E-state index is -3.55. The Morgan fingerprint density at radius 1 is 1.07 bits per heavy atom. The lowest BCUT2D eigenvalue weighted by molar-refractivity contribution is 0.363. The highest BCUT2D eigenvalue weighted by Gasteiger charge is 2.19. The average Bonchev–Trinajstić information content (AvgIpc) is 3.16. The summed E-state index contributed by atoms with van der Waals surface area (Å²) in [6.07, 6.45) is 4.22. The Kier molecular flexibility index (Phi) is 5.00. The highest BCUT2D eigenvalue weighted by atomic mass is 32.2. The summed E-state index contributed by atoms with van der Waals surface area (Å²) < 4.78 is 31.1. The summed E-state index contributed by atoms with van der Waals surface area (Å²) in [6.45, 7) is 3.47. The van der Waals surface area contributed by atoms with Crippen LogP contribution in [0.2, 0.25) is 0 Å². The molecule has 1 aliphatic rings. The molecule has 28 heavy (non-hydrogen) atoms. The number of sulfone groups is 1. The van der Waals surface area contributed by atoms with Gasteiger partial charge in [-0.05, 0) is 71.5 Å². The Morgan fingerprint density at radius 2 is 1.82 bits per heavy atom. The van der Waals surface area contributed by atoms with Crippen molar-refractivity contribution in [2.75, 3.05) is 7.11 Å². The Bertz CT molecular complexity index is 1130. The van der Waals surface area contributed by atoms with E-state index in [1.54, 1.807) is 48.8 Å². The summed E-state index contributed by atoms with van der Waals surface area (Å²) in [7, 11) is -1.97. The molecule has 6 heteroatoms. The molecule has 0 bridgehead atoms. The molecule has 0 saturated heterocycles. The second-order valence-corrected chi connectivity index (χ2v) is 9.75. The van der Waals surface area contributed by atoms with Crippen LogP contribution in [-0.2, 0) is 22.9 Å². The van der Waals surface area contributed by atoms with Gasteiger partial charge in [0.15, 0.2) is 0 Å². The van der Waals surface area contributed by atoms with Gasteiger partial charge in [-0.3, -0.25) is 0 Å². The van der Waals surface area contributed by atoms with Crippen LogP contribution < -0.4 is 4.74 Å². The number of hydrogen-bond acceptors (Lipinski definition) is 5. The first-order valence-corrected chi connectivity index (χ1v) is 11.3. The molecular formula is C22H21NO3S2. The van der Waals surface area contributed by atoms with Gasteiger partial charge in [0, 0.05) is 17.6 Å². The molecule has 0 amide bonds. The normalized spacial score (nSPS) is 13.4. The zero-order valence-corrected chi connectivity index (χ0v) is 17.4. The average molecular weight is 412 g/mol. The maximum Gasteiger partial charge on any atom is 0.206 e. The van der Waals surface area contributed by atoms with E-state index in [0.717, 1.165) is 24.2 Å². The zero-order chi connectivity index (χ0) is 19.7. The third-order valence-corrected chi connectivity index (χ3v) is 7.58. The molecule has 0 N–H and O–H groups in total. The molecular weight excluding hydrogens is 390 g/mol. The van der Waals surface area contributed by atoms with Crippen molar-refractivity contribution in [2.24, 2.45) is 0 Å². The van der Waals surface area contributed by atoms with E-state index in [1.165, 1.54) is 10.4 Å². The van der Waals surface area contributed by atoms with Crippen molar-refractivity contribution in [1.29, 1.82) is 0 Å². The van der Waals surface area contributed by atoms with E-state index in [2.05, 4.69) is 28.6 Å². The van der Waals surface area contributed by atoms with Crippen LogP contribution in [0.4, 0.5) is 0 Å². The van der Waals surface area contributed by atoms with Crippen LogP contribution in [0.25, 0.3) is 6.08 Å². The number of rotatable bonds is 5. The monoisotopic (exact) mass is 411 g/mol. The first-order valence-electron chi connectivity index (χ1n) is 8.94. The van der Waals surface area contributed by atoms with Gasteiger partial charge < -0.3 is 9.64 Å². The fourth-order valence-electron chi connectivity index (χ4n) is 3.32. The van der Waals surface area contributed by atoms with Crippen molar-refractivity contribution < 1.29 is 13.2 Å². The van der Waals surface area contributed by atoms with Gasteiger partial charge in [-0.25, -0.2) is 8.42 Å². The number of methoxy groups -OCH3 is 1. The predicted molar refractivity (Wildman–Crippen MR) is 112 cm³/mol. The molecule has 0 radical (unpaired) electrons. The highest BCUT2D eigenvalue weighted by molar-refractivity contribution is 7.91. The van der Waals surface area contributed by atoms with Crippen LogP contribution in [0.5, 0.6) is 5.75 Å². The molecule has 4 nitrogen and oxygen atoms in total. The van der Waals surface area contributed by atoms with Gasteiger partial charge in [0.25, 0.3) is 0 Å². The highest BCUT2D eigenvalue weighted by Crippen LogP contribution is 2.28. The summed E-state index contributed by atoms with van der Waals surface area (Å²) in [5.74, 6) is 0.679. The fraction of sp³-hybridized carbons (Fsp3) is 0.182. The van der Waals surface area contributed by atoms with Crippen molar-refractivity contribution >= 4 is 27.3 Å². The van der Waals surface area contributed by atoms with E-state index in [4.69, 9.17) is 4.74 Å². The maximum absolute atomic E-state index is 12.9. The number of fused-ring (bicyclic) bond motifs is 1. The molecule has 2 aromatic carbocycles. The quantitative estimate of drug-likeness (QED) is 0.600. The van der Waals surface area contributed by atoms with Gasteiger partial charge in [0.2, 0.25) is 9.84 Å². The van der Waals surface area contributed by atoms with E-state index in [1.807, 2.05) is 19.1 Å². The molecule has 0 fully saturated rings. The maximum atomic E-state index is 12.9. The number of nitrogens with zero attached hydrogens (tertiary/aromatic N) is 1. The van der Waals surface area contributed by atoms with Crippen molar-refractivity contribution in [3.05, 3.63) is 81.7 Å². The van der Waals surface area contributed by atoms with Crippen LogP contribution in [0, 0.1) is 6.92 Å². The summed E-state index contributed by atoms with van der Waals surface area (Å²) in [5.41, 5.74) is 3.16. The zero-order valence-electron chi connectivity index (χ0n) is 15.8. The SMILES string of the molecule is COc1ccc(S(=O)(=O)c2ccc(CN3C=Cc4ccsc4C3)cc2)cc1C. The van der Waals surface area contributed by atoms with Gasteiger partial charge in [-0.15, -0.1) is 11.3 Å². The number of thiophene rings is 1. The smallest absolute Gasteiger partial charge is 0.206 e. The molecule has 144 valence electrons. The van der Waals surface area contributed by atoms with E-state index in [0.29, 0.717) is 10.6 Å². The van der Waals surface area contributed by atoms with Crippen molar-refractivity contribution in [1.82, 2.24) is 4.90 Å². The summed E-state index contributed by atoms with van der Waals surface area (Å²) >= 11 is 1.77. The van der Waals surface area contributed by atoms with Crippen molar-refractivity contribution in [2.45, 2.75) is 29.8 Å². The Hall–Kier alpha value is -2.57. The lowest BCUT2D eigenvalue weighted by Gasteiger charge is -2.23. The van der Waals surface area contributed by atoms with E-state index in [9.17, 15) is 8.42 Å². The lowest BCUT2D eigenvalue weighted by Crippen LogP contribution is -2.18. The topological polar surface area (TPSA) is 46.6 Å². The lowest BCUT2D eigenvalue weighted by atomic mass is 10.1. The molecule has 0 atom stereocenters. The second-order valence-electron chi connectivity index (χ2n) is 6.80. The van der Waals surface area contributed by atoms with Gasteiger partial charge in [-0.2, -0.15) is 0 Å². The van der Waals surface area contributed by atoms with Crippen LogP contribution in [0.1, 0.15) is 21.6 Å². The molecule has 3 aromatic rings. The fourth-order valence-corrected chi connectivity index (χ4v) is 5.56. The van der Waals surface area contributed by atoms with E-state index in [-0.39, 0.29) is 4.90 Å². The Balaban J connectivity index is 1.52. The first kappa shape index (κ1) is 18.8. The minimum absolute atomic E-state index is 0.280. The van der Waals surface area contributed by atoms with Crippen molar-refractivity contribution in [3.63, 3.8) is 0 Å². The second kappa shape index (κ2) is 7.45. The van der Waals surface area contributed by atoms with Crippen LogP contribution in [0.15, 0.2) is 69.9 Å². The molecule has 4 rings (SSSR count). The number of benzene rings is 2. The Morgan fingerprint density at radius 3 is 2.54 bits per heavy atom. The van der Waals surface area contributed by atoms with Gasteiger partial charge in [0.1, 0.15) is 5.75 Å². The largest absolute Gasteiger partial charge is 0.496 e. The molecule has 1 aliphatic heterocycles. The molecule has 1 aromatic heterocycles. The van der Waals surface area contributed by atoms with Crippen LogP contribution in [-0.4, -0.2) is 20.4 Å². The standard InChI is InChI=1S/C22H21NO3S2/c1-16-13-20(7-8-21(16)26-2)28(24,25)19-5-3-17(4-6-19)14-23-11-9-18-10-12-27-22(18)15-23/h3-13H,14-15H2,1-2H3. The minimum Gasteiger partial charge on any atom is -0.496 e. The molecule has 0 spiro atoms. The first-order chi connectivity index (χ1) is 13.5. The molecule has 0 aliphatic carbocycles. The van der Waals surface area contributed by atoms with Gasteiger partial charge >= 0.3 is 0 Å². The number of hydrogen-bond donors (Lipinski definition) is 0. The van der Waals surface area contributed by atoms with Crippen molar-refractivity contribution in [3.8, 4) is 5.75 Å². The summed E-state index contributed by atoms with van der Waals surface area (Å²) in [4.78, 5) is 4.17. The summed E-state index contributed by atoms with van der Waals surface area (Å²) in [5, 5.41) is 2.11. The number of ether oxygens (including phenoxy) is 1.